The van der Waals surface area contributed by atoms with Gasteiger partial charge >= 0.3 is 5.97 Å². The van der Waals surface area contributed by atoms with Gasteiger partial charge in [0, 0.05) is 20.0 Å². The Morgan fingerprint density at radius 3 is 2.20 bits per heavy atom. The zero-order valence-electron chi connectivity index (χ0n) is 19.5. The fourth-order valence-corrected chi connectivity index (χ4v) is 3.48. The van der Waals surface area contributed by atoms with Crippen LogP contribution in [0.1, 0.15) is 40.0 Å². The number of fused-ring (bicyclic) bond motifs is 2. The van der Waals surface area contributed by atoms with E-state index in [1.165, 1.54) is 11.0 Å². The predicted molar refractivity (Wildman–Crippen MR) is 127 cm³/mol. The molecule has 3 N–H and O–H groups in total. The molecule has 1 atom stereocenters. The van der Waals surface area contributed by atoms with Crippen LogP contribution in [0.15, 0.2) is 48.5 Å². The van der Waals surface area contributed by atoms with Gasteiger partial charge in [-0.3, -0.25) is 14.4 Å². The molecule has 2 aromatic carbocycles. The molecule has 1 heterocycles. The van der Waals surface area contributed by atoms with E-state index in [1.54, 1.807) is 49.5 Å². The molecule has 0 aliphatic carbocycles. The van der Waals surface area contributed by atoms with Gasteiger partial charge in [0.25, 0.3) is 11.8 Å². The Labute approximate surface area is 203 Å². The molecule has 1 aliphatic heterocycles. The van der Waals surface area contributed by atoms with Crippen molar-refractivity contribution in [1.29, 1.82) is 0 Å². The second kappa shape index (κ2) is 12.4. The van der Waals surface area contributed by atoms with E-state index < -0.39 is 17.9 Å². The molecule has 10 heteroatoms. The second-order valence-corrected chi connectivity index (χ2v) is 8.02. The number of ether oxygens (including phenoxy) is 2. The van der Waals surface area contributed by atoms with E-state index >= 15 is 0 Å². The Balaban J connectivity index is 1.79. The Kier molecular flexibility index (Phi) is 9.05. The summed E-state index contributed by atoms with van der Waals surface area (Å²) in [5, 5.41) is 14.9. The molecule has 35 heavy (non-hydrogen) atoms. The Morgan fingerprint density at radius 2 is 1.54 bits per heavy atom. The molecule has 0 aromatic heterocycles. The van der Waals surface area contributed by atoms with Crippen molar-refractivity contribution in [1.82, 2.24) is 15.5 Å². The number of nitrogens with zero attached hydrogens (tertiary/aromatic N) is 1. The van der Waals surface area contributed by atoms with E-state index in [0.29, 0.717) is 30.0 Å². The minimum Gasteiger partial charge on any atom is -0.493 e. The van der Waals surface area contributed by atoms with Crippen molar-refractivity contribution in [3.05, 3.63) is 59.7 Å². The number of para-hydroxylation sites is 2. The van der Waals surface area contributed by atoms with Gasteiger partial charge in [0.05, 0.1) is 24.3 Å². The summed E-state index contributed by atoms with van der Waals surface area (Å²) in [6.45, 7) is 0.950. The smallest absolute Gasteiger partial charge is 0.326 e. The molecule has 0 spiro atoms. The number of carbonyl (C=O) groups excluding carboxylic acids is 3. The largest absolute Gasteiger partial charge is 0.493 e. The summed E-state index contributed by atoms with van der Waals surface area (Å²) < 4.78 is 11.5. The van der Waals surface area contributed by atoms with Gasteiger partial charge in [-0.1, -0.05) is 24.3 Å². The molecule has 0 radical (unpaired) electrons. The monoisotopic (exact) mass is 483 g/mol. The summed E-state index contributed by atoms with van der Waals surface area (Å²) in [4.78, 5) is 51.1. The standard InChI is InChI=1S/C25H29N3O7/c1-28-14-16-35-20-9-4-2-7-17(20)23(30)26-13-6-15-34-21-10-5-3-8-18(21)24(31)27-19(25(32)33)11-12-22(28)29/h2-5,7-10,19H,6,11-16H2,1H3,(H,26,30)(H,27,31)(H,32,33)/t19-/m0/s1. The Morgan fingerprint density at radius 1 is 0.943 bits per heavy atom. The highest BCUT2D eigenvalue weighted by Gasteiger charge is 2.24. The van der Waals surface area contributed by atoms with Crippen molar-refractivity contribution in [3.8, 4) is 11.5 Å². The molecule has 0 fully saturated rings. The highest BCUT2D eigenvalue weighted by atomic mass is 16.5. The molecule has 3 rings (SSSR count). The molecule has 0 saturated heterocycles. The summed E-state index contributed by atoms with van der Waals surface area (Å²) in [6, 6.07) is 12.1. The highest BCUT2D eigenvalue weighted by Crippen LogP contribution is 2.20. The van der Waals surface area contributed by atoms with E-state index in [0.717, 1.165) is 0 Å². The third-order valence-electron chi connectivity index (χ3n) is 5.49. The van der Waals surface area contributed by atoms with Crippen LogP contribution in [-0.4, -0.2) is 73.1 Å². The minimum absolute atomic E-state index is 0.0723. The number of aliphatic carboxylic acids is 1. The number of rotatable bonds is 1. The van der Waals surface area contributed by atoms with E-state index in [1.807, 2.05) is 0 Å². The lowest BCUT2D eigenvalue weighted by Gasteiger charge is -2.20. The number of likely N-dealkylation sites (N-methyl/N-ethyl adjacent to an activating group) is 1. The molecule has 3 amide bonds. The Bertz CT molecular complexity index is 1070. The number of hydrogen-bond donors (Lipinski definition) is 3. The fourth-order valence-electron chi connectivity index (χ4n) is 3.48. The van der Waals surface area contributed by atoms with Crippen LogP contribution < -0.4 is 20.1 Å². The summed E-state index contributed by atoms with van der Waals surface area (Å²) in [5.41, 5.74) is 0.565. The van der Waals surface area contributed by atoms with Crippen LogP contribution in [0, 0.1) is 0 Å². The third kappa shape index (κ3) is 7.20. The fraction of sp³-hybridized carbons (Fsp3) is 0.360. The first kappa shape index (κ1) is 25.5. The number of benzene rings is 2. The number of amides is 3. The van der Waals surface area contributed by atoms with Gasteiger partial charge in [-0.25, -0.2) is 4.79 Å². The first-order valence-corrected chi connectivity index (χ1v) is 11.4. The van der Waals surface area contributed by atoms with Crippen molar-refractivity contribution in [3.63, 3.8) is 0 Å². The van der Waals surface area contributed by atoms with Gasteiger partial charge in [-0.05, 0) is 37.1 Å². The first-order chi connectivity index (χ1) is 16.9. The maximum absolute atomic E-state index is 12.8. The van der Waals surface area contributed by atoms with Crippen LogP contribution in [0.4, 0.5) is 0 Å². The van der Waals surface area contributed by atoms with Crippen LogP contribution in [0.25, 0.3) is 0 Å². The number of carboxylic acids is 1. The van der Waals surface area contributed by atoms with Gasteiger partial charge in [-0.15, -0.1) is 0 Å². The summed E-state index contributed by atoms with van der Waals surface area (Å²) in [5.74, 6) is -1.73. The van der Waals surface area contributed by atoms with Crippen LogP contribution in [0.2, 0.25) is 0 Å². The molecule has 10 nitrogen and oxygen atoms in total. The summed E-state index contributed by atoms with van der Waals surface area (Å²) in [6.07, 6.45) is 0.331. The van der Waals surface area contributed by atoms with Crippen molar-refractivity contribution in [2.75, 3.05) is 33.4 Å². The van der Waals surface area contributed by atoms with Crippen LogP contribution in [0.5, 0.6) is 11.5 Å². The Hall–Kier alpha value is -4.08. The third-order valence-corrected chi connectivity index (χ3v) is 5.49. The first-order valence-electron chi connectivity index (χ1n) is 11.4. The quantitative estimate of drug-likeness (QED) is 0.562. The van der Waals surface area contributed by atoms with E-state index in [2.05, 4.69) is 10.6 Å². The summed E-state index contributed by atoms with van der Waals surface area (Å²) >= 11 is 0. The summed E-state index contributed by atoms with van der Waals surface area (Å²) in [7, 11) is 1.58. The van der Waals surface area contributed by atoms with Gasteiger partial charge in [0.2, 0.25) is 5.91 Å². The van der Waals surface area contributed by atoms with Crippen molar-refractivity contribution in [2.24, 2.45) is 0 Å². The SMILES string of the molecule is CN1CCOc2ccccc2C(=O)NCCCOc2ccccc2C(=O)N[C@H](C(=O)O)CCC1=O. The number of nitrogens with one attached hydrogen (secondary N) is 2. The second-order valence-electron chi connectivity index (χ2n) is 8.02. The minimum atomic E-state index is -1.24. The number of carboxylic acid groups (broad SMARTS) is 1. The van der Waals surface area contributed by atoms with Gasteiger partial charge < -0.3 is 30.1 Å². The topological polar surface area (TPSA) is 134 Å². The zero-order valence-corrected chi connectivity index (χ0v) is 19.5. The molecular weight excluding hydrogens is 454 g/mol. The maximum atomic E-state index is 12.8. The molecule has 0 unspecified atom stereocenters. The lowest BCUT2D eigenvalue weighted by Crippen LogP contribution is -2.42. The lowest BCUT2D eigenvalue weighted by molar-refractivity contribution is -0.139. The number of hydrogen-bond acceptors (Lipinski definition) is 6. The molecule has 186 valence electrons. The molecule has 2 aromatic rings. The average molecular weight is 484 g/mol. The van der Waals surface area contributed by atoms with Gasteiger partial charge in [-0.2, -0.15) is 0 Å². The number of carbonyl (C=O) groups is 4. The molecular formula is C25H29N3O7. The molecule has 1 aliphatic rings. The van der Waals surface area contributed by atoms with Crippen molar-refractivity contribution >= 4 is 23.7 Å². The predicted octanol–water partition coefficient (Wildman–Crippen LogP) is 1.70. The zero-order chi connectivity index (χ0) is 25.2. The van der Waals surface area contributed by atoms with E-state index in [-0.39, 0.29) is 50.0 Å². The van der Waals surface area contributed by atoms with Crippen molar-refractivity contribution < 1.29 is 33.8 Å². The van der Waals surface area contributed by atoms with E-state index in [9.17, 15) is 24.3 Å². The maximum Gasteiger partial charge on any atom is 0.326 e. The van der Waals surface area contributed by atoms with Crippen LogP contribution in [-0.2, 0) is 9.59 Å². The van der Waals surface area contributed by atoms with Crippen LogP contribution in [0.3, 0.4) is 0 Å². The molecule has 0 bridgehead atoms. The van der Waals surface area contributed by atoms with Gasteiger partial charge in [0.15, 0.2) is 0 Å². The van der Waals surface area contributed by atoms with Gasteiger partial charge in [0.1, 0.15) is 24.1 Å². The normalized spacial score (nSPS) is 18.6. The highest BCUT2D eigenvalue weighted by molar-refractivity contribution is 5.99. The lowest BCUT2D eigenvalue weighted by atomic mass is 10.1. The average Bonchev–Trinajstić information content (AvgIpc) is 2.85. The van der Waals surface area contributed by atoms with E-state index in [4.69, 9.17) is 9.47 Å². The van der Waals surface area contributed by atoms with Crippen molar-refractivity contribution in [2.45, 2.75) is 25.3 Å². The molecule has 0 saturated carbocycles. The van der Waals surface area contributed by atoms with Crippen LogP contribution >= 0.6 is 0 Å².